The average molecular weight is 407 g/mol. The summed E-state index contributed by atoms with van der Waals surface area (Å²) in [5.41, 5.74) is 1.33. The molecule has 0 radical (unpaired) electrons. The van der Waals surface area contributed by atoms with Crippen molar-refractivity contribution in [2.75, 3.05) is 18.7 Å². The first-order valence-corrected chi connectivity index (χ1v) is 8.99. The molecule has 2 heterocycles. The molecule has 1 aromatic heterocycles. The standard InChI is InChI=1S/C20H17N5O5/c1-13-22-23-24-25(13)16(9-14-5-3-2-4-6-14)20(27)28-11-19(26)21-15-7-8-17-18(10-15)30-12-29-17/h2-10H,11-12H2,1H3,(H,21,26)/b16-9+. The van der Waals surface area contributed by atoms with Crippen LogP contribution in [0.4, 0.5) is 5.69 Å². The lowest BCUT2D eigenvalue weighted by atomic mass is 10.2. The number of ether oxygens (including phenoxy) is 3. The van der Waals surface area contributed by atoms with Gasteiger partial charge in [0, 0.05) is 11.8 Å². The Hall–Kier alpha value is -4.21. The van der Waals surface area contributed by atoms with Gasteiger partial charge >= 0.3 is 5.97 Å². The van der Waals surface area contributed by atoms with Gasteiger partial charge in [-0.1, -0.05) is 30.3 Å². The summed E-state index contributed by atoms with van der Waals surface area (Å²) in [5.74, 6) is 0.294. The van der Waals surface area contributed by atoms with Crippen LogP contribution >= 0.6 is 0 Å². The Morgan fingerprint density at radius 3 is 2.73 bits per heavy atom. The van der Waals surface area contributed by atoms with Crippen LogP contribution in [0.5, 0.6) is 11.5 Å². The first-order valence-electron chi connectivity index (χ1n) is 8.99. The third kappa shape index (κ3) is 4.27. The average Bonchev–Trinajstić information content (AvgIpc) is 3.39. The second kappa shape index (κ2) is 8.43. The van der Waals surface area contributed by atoms with Gasteiger partial charge in [-0.3, -0.25) is 4.79 Å². The van der Waals surface area contributed by atoms with Crippen LogP contribution in [0.2, 0.25) is 0 Å². The number of carbonyl (C=O) groups is 2. The van der Waals surface area contributed by atoms with Crippen molar-refractivity contribution < 1.29 is 23.8 Å². The lowest BCUT2D eigenvalue weighted by Crippen LogP contribution is -2.23. The van der Waals surface area contributed by atoms with Gasteiger partial charge in [0.15, 0.2) is 29.6 Å². The van der Waals surface area contributed by atoms with Gasteiger partial charge in [0.1, 0.15) is 0 Å². The number of nitrogens with zero attached hydrogens (tertiary/aromatic N) is 4. The molecule has 0 aliphatic carbocycles. The number of amides is 1. The van der Waals surface area contributed by atoms with E-state index in [1.807, 2.05) is 30.3 Å². The first kappa shape index (κ1) is 19.1. The molecule has 0 saturated carbocycles. The second-order valence-electron chi connectivity index (χ2n) is 6.27. The maximum absolute atomic E-state index is 12.7. The molecule has 1 aliphatic rings. The molecule has 0 spiro atoms. The summed E-state index contributed by atoms with van der Waals surface area (Å²) in [4.78, 5) is 24.9. The van der Waals surface area contributed by atoms with E-state index in [9.17, 15) is 9.59 Å². The van der Waals surface area contributed by atoms with Crippen molar-refractivity contribution in [3.05, 3.63) is 59.9 Å². The van der Waals surface area contributed by atoms with Gasteiger partial charge in [-0.2, -0.15) is 4.68 Å². The number of anilines is 1. The van der Waals surface area contributed by atoms with Crippen molar-refractivity contribution in [3.63, 3.8) is 0 Å². The minimum atomic E-state index is -0.741. The molecule has 10 nitrogen and oxygen atoms in total. The Kier molecular flexibility index (Phi) is 5.37. The second-order valence-corrected chi connectivity index (χ2v) is 6.27. The van der Waals surface area contributed by atoms with Crippen LogP contribution in [-0.4, -0.2) is 45.5 Å². The van der Waals surface area contributed by atoms with Crippen LogP contribution in [0.3, 0.4) is 0 Å². The maximum Gasteiger partial charge on any atom is 0.357 e. The molecule has 1 N–H and O–H groups in total. The fourth-order valence-electron chi connectivity index (χ4n) is 2.74. The molecule has 1 amide bonds. The first-order chi connectivity index (χ1) is 14.6. The number of aryl methyl sites for hydroxylation is 1. The van der Waals surface area contributed by atoms with Crippen LogP contribution in [0, 0.1) is 6.92 Å². The Balaban J connectivity index is 1.44. The molecule has 0 bridgehead atoms. The summed E-state index contributed by atoms with van der Waals surface area (Å²) in [6, 6.07) is 14.1. The number of fused-ring (bicyclic) bond motifs is 1. The predicted octanol–water partition coefficient (Wildman–Crippen LogP) is 1.89. The molecule has 30 heavy (non-hydrogen) atoms. The van der Waals surface area contributed by atoms with E-state index in [-0.39, 0.29) is 12.5 Å². The maximum atomic E-state index is 12.7. The topological polar surface area (TPSA) is 117 Å². The van der Waals surface area contributed by atoms with Gasteiger partial charge in [0.25, 0.3) is 5.91 Å². The highest BCUT2D eigenvalue weighted by Gasteiger charge is 2.19. The molecule has 4 rings (SSSR count). The molecule has 152 valence electrons. The third-order valence-electron chi connectivity index (χ3n) is 4.16. The summed E-state index contributed by atoms with van der Waals surface area (Å²) >= 11 is 0. The summed E-state index contributed by atoms with van der Waals surface area (Å²) in [6.45, 7) is 1.30. The number of benzene rings is 2. The van der Waals surface area contributed by atoms with Crippen LogP contribution in [-0.2, 0) is 14.3 Å². The minimum Gasteiger partial charge on any atom is -0.454 e. The van der Waals surface area contributed by atoms with Crippen molar-refractivity contribution in [3.8, 4) is 11.5 Å². The van der Waals surface area contributed by atoms with Gasteiger partial charge in [0.05, 0.1) is 0 Å². The summed E-state index contributed by atoms with van der Waals surface area (Å²) < 4.78 is 16.9. The molecule has 1 aliphatic heterocycles. The van der Waals surface area contributed by atoms with E-state index in [2.05, 4.69) is 20.8 Å². The molecule has 2 aromatic carbocycles. The number of aromatic nitrogens is 4. The zero-order valence-electron chi connectivity index (χ0n) is 15.9. The molecular weight excluding hydrogens is 390 g/mol. The van der Waals surface area contributed by atoms with E-state index in [0.717, 1.165) is 5.56 Å². The predicted molar refractivity (Wildman–Crippen MR) is 105 cm³/mol. The van der Waals surface area contributed by atoms with Crippen molar-refractivity contribution in [2.45, 2.75) is 6.92 Å². The van der Waals surface area contributed by atoms with Crippen LogP contribution in [0.15, 0.2) is 48.5 Å². The number of esters is 1. The van der Waals surface area contributed by atoms with Crippen molar-refractivity contribution in [2.24, 2.45) is 0 Å². The number of nitrogens with one attached hydrogen (secondary N) is 1. The lowest BCUT2D eigenvalue weighted by Gasteiger charge is -2.10. The van der Waals surface area contributed by atoms with Gasteiger partial charge in [-0.25, -0.2) is 4.79 Å². The molecule has 3 aromatic rings. The quantitative estimate of drug-likeness (QED) is 0.486. The van der Waals surface area contributed by atoms with Gasteiger partial charge in [0.2, 0.25) is 6.79 Å². The molecule has 0 atom stereocenters. The zero-order valence-corrected chi connectivity index (χ0v) is 15.9. The number of rotatable bonds is 6. The number of hydrogen-bond donors (Lipinski definition) is 1. The van der Waals surface area contributed by atoms with Gasteiger partial charge in [-0.15, -0.1) is 5.10 Å². The molecular formula is C20H17N5O5. The molecule has 0 saturated heterocycles. The summed E-state index contributed by atoms with van der Waals surface area (Å²) in [6.07, 6.45) is 1.58. The highest BCUT2D eigenvalue weighted by atomic mass is 16.7. The van der Waals surface area contributed by atoms with Crippen LogP contribution < -0.4 is 14.8 Å². The highest BCUT2D eigenvalue weighted by Crippen LogP contribution is 2.34. The smallest absolute Gasteiger partial charge is 0.357 e. The fraction of sp³-hybridized carbons (Fsp3) is 0.150. The third-order valence-corrected chi connectivity index (χ3v) is 4.16. The van der Waals surface area contributed by atoms with Gasteiger partial charge in [-0.05, 0) is 41.1 Å². The number of tetrazole rings is 1. The largest absolute Gasteiger partial charge is 0.454 e. The van der Waals surface area contributed by atoms with Crippen LogP contribution in [0.1, 0.15) is 11.4 Å². The molecule has 0 fully saturated rings. The Morgan fingerprint density at radius 1 is 1.17 bits per heavy atom. The van der Waals surface area contributed by atoms with E-state index < -0.39 is 18.5 Å². The van der Waals surface area contributed by atoms with Crippen LogP contribution in [0.25, 0.3) is 11.8 Å². The normalized spacial score (nSPS) is 12.5. The Bertz CT molecular complexity index is 1110. The SMILES string of the molecule is Cc1nnnn1/C(=C/c1ccccc1)C(=O)OCC(=O)Nc1ccc2c(c1)OCO2. The van der Waals surface area contributed by atoms with Crippen molar-refractivity contribution >= 4 is 29.3 Å². The fourth-order valence-corrected chi connectivity index (χ4v) is 2.74. The van der Waals surface area contributed by atoms with E-state index in [0.29, 0.717) is 23.0 Å². The van der Waals surface area contributed by atoms with E-state index in [4.69, 9.17) is 14.2 Å². The summed E-state index contributed by atoms with van der Waals surface area (Å²) in [7, 11) is 0. The van der Waals surface area contributed by atoms with E-state index in [1.54, 1.807) is 31.2 Å². The zero-order chi connectivity index (χ0) is 20.9. The Labute approximate surface area is 171 Å². The highest BCUT2D eigenvalue weighted by molar-refractivity contribution is 6.15. The van der Waals surface area contributed by atoms with E-state index in [1.165, 1.54) is 4.68 Å². The van der Waals surface area contributed by atoms with Crippen molar-refractivity contribution in [1.29, 1.82) is 0 Å². The minimum absolute atomic E-state index is 0.0829. The monoisotopic (exact) mass is 407 g/mol. The van der Waals surface area contributed by atoms with E-state index >= 15 is 0 Å². The number of hydrogen-bond acceptors (Lipinski definition) is 8. The van der Waals surface area contributed by atoms with Gasteiger partial charge < -0.3 is 19.5 Å². The Morgan fingerprint density at radius 2 is 1.97 bits per heavy atom. The summed E-state index contributed by atoms with van der Waals surface area (Å²) in [5, 5.41) is 13.8. The molecule has 0 unspecified atom stereocenters. The number of carbonyl (C=O) groups excluding carboxylic acids is 2. The molecule has 10 heteroatoms. The van der Waals surface area contributed by atoms with Crippen molar-refractivity contribution in [1.82, 2.24) is 20.2 Å². The lowest BCUT2D eigenvalue weighted by molar-refractivity contribution is -0.141.